The first kappa shape index (κ1) is 12.7. The monoisotopic (exact) mass is 253 g/mol. The van der Waals surface area contributed by atoms with Crippen molar-refractivity contribution in [3.05, 3.63) is 10.5 Å². The third kappa shape index (κ3) is 2.73. The SMILES string of the molecule is CC(C)(C)C1CCC(=C2SC(=O)NC2=O)CC1. The van der Waals surface area contributed by atoms with Crippen LogP contribution in [0.15, 0.2) is 10.5 Å². The van der Waals surface area contributed by atoms with Crippen molar-refractivity contribution in [3.63, 3.8) is 0 Å². The van der Waals surface area contributed by atoms with Gasteiger partial charge in [0.05, 0.1) is 4.91 Å². The van der Waals surface area contributed by atoms with Crippen LogP contribution in [0, 0.1) is 11.3 Å². The van der Waals surface area contributed by atoms with E-state index in [1.54, 1.807) is 0 Å². The molecule has 1 saturated carbocycles. The Morgan fingerprint density at radius 1 is 1.18 bits per heavy atom. The second kappa shape index (κ2) is 4.48. The van der Waals surface area contributed by atoms with Crippen LogP contribution in [0.5, 0.6) is 0 Å². The van der Waals surface area contributed by atoms with Gasteiger partial charge in [0.25, 0.3) is 11.1 Å². The van der Waals surface area contributed by atoms with Crippen LogP contribution in [0.3, 0.4) is 0 Å². The second-order valence-corrected chi connectivity index (χ2v) is 6.90. The topological polar surface area (TPSA) is 46.2 Å². The van der Waals surface area contributed by atoms with Gasteiger partial charge in [0, 0.05) is 0 Å². The van der Waals surface area contributed by atoms with Gasteiger partial charge in [-0.25, -0.2) is 0 Å². The van der Waals surface area contributed by atoms with Crippen molar-refractivity contribution >= 4 is 22.9 Å². The number of carbonyl (C=O) groups is 2. The Hall–Kier alpha value is -0.770. The predicted molar refractivity (Wildman–Crippen MR) is 69.6 cm³/mol. The fraction of sp³-hybridized carbons (Fsp3) is 0.692. The number of hydrogen-bond donors (Lipinski definition) is 1. The molecule has 0 radical (unpaired) electrons. The first-order valence-electron chi connectivity index (χ1n) is 6.13. The van der Waals surface area contributed by atoms with Gasteiger partial charge >= 0.3 is 0 Å². The summed E-state index contributed by atoms with van der Waals surface area (Å²) in [5, 5.41) is 2.11. The fourth-order valence-electron chi connectivity index (χ4n) is 2.61. The number of carbonyl (C=O) groups excluding carboxylic acids is 2. The smallest absolute Gasteiger partial charge is 0.282 e. The van der Waals surface area contributed by atoms with E-state index < -0.39 is 0 Å². The average molecular weight is 253 g/mol. The van der Waals surface area contributed by atoms with Gasteiger partial charge in [-0.1, -0.05) is 26.3 Å². The Labute approximate surface area is 106 Å². The lowest BCUT2D eigenvalue weighted by atomic mass is 9.71. The van der Waals surface area contributed by atoms with E-state index in [4.69, 9.17) is 0 Å². The molecule has 4 heteroatoms. The Bertz CT molecular complexity index is 383. The van der Waals surface area contributed by atoms with Crippen molar-refractivity contribution in [3.8, 4) is 0 Å². The standard InChI is InChI=1S/C13H19NO2S/c1-13(2,3)9-6-4-8(5-7-9)10-11(15)14-12(16)17-10/h9H,4-7H2,1-3H3,(H,14,15,16). The second-order valence-electron chi connectivity index (χ2n) is 5.92. The van der Waals surface area contributed by atoms with Gasteiger partial charge < -0.3 is 0 Å². The highest BCUT2D eigenvalue weighted by Crippen LogP contribution is 2.42. The third-order valence-electron chi connectivity index (χ3n) is 3.75. The van der Waals surface area contributed by atoms with Gasteiger partial charge in [0.1, 0.15) is 0 Å². The summed E-state index contributed by atoms with van der Waals surface area (Å²) in [4.78, 5) is 23.3. The van der Waals surface area contributed by atoms with Crippen LogP contribution in [-0.4, -0.2) is 11.1 Å². The summed E-state index contributed by atoms with van der Waals surface area (Å²) in [5.41, 5.74) is 1.52. The van der Waals surface area contributed by atoms with Crippen LogP contribution in [0.1, 0.15) is 46.5 Å². The lowest BCUT2D eigenvalue weighted by Crippen LogP contribution is -2.24. The molecule has 0 aromatic heterocycles. The van der Waals surface area contributed by atoms with E-state index in [1.807, 2.05) is 0 Å². The van der Waals surface area contributed by atoms with Crippen molar-refractivity contribution < 1.29 is 9.59 Å². The maximum atomic E-state index is 11.6. The number of rotatable bonds is 0. The molecule has 17 heavy (non-hydrogen) atoms. The van der Waals surface area contributed by atoms with Gasteiger partial charge in [0.15, 0.2) is 0 Å². The maximum Gasteiger partial charge on any atom is 0.290 e. The minimum absolute atomic E-state index is 0.191. The molecule has 0 bridgehead atoms. The van der Waals surface area contributed by atoms with Crippen molar-refractivity contribution in [2.45, 2.75) is 46.5 Å². The summed E-state index contributed by atoms with van der Waals surface area (Å²) in [5.74, 6) is 0.529. The van der Waals surface area contributed by atoms with Crippen LogP contribution >= 0.6 is 11.8 Å². The maximum absolute atomic E-state index is 11.6. The molecule has 1 heterocycles. The molecule has 2 amide bonds. The number of imide groups is 1. The van der Waals surface area contributed by atoms with Crippen molar-refractivity contribution in [1.82, 2.24) is 5.32 Å². The molecule has 2 fully saturated rings. The highest BCUT2D eigenvalue weighted by molar-refractivity contribution is 8.18. The molecule has 0 spiro atoms. The minimum atomic E-state index is -0.226. The zero-order chi connectivity index (χ0) is 12.6. The van der Waals surface area contributed by atoms with E-state index in [9.17, 15) is 9.59 Å². The van der Waals surface area contributed by atoms with E-state index in [2.05, 4.69) is 26.1 Å². The predicted octanol–water partition coefficient (Wildman–Crippen LogP) is 3.46. The molecule has 1 aliphatic carbocycles. The molecular weight excluding hydrogens is 234 g/mol. The van der Waals surface area contributed by atoms with E-state index >= 15 is 0 Å². The number of amides is 2. The molecule has 94 valence electrons. The van der Waals surface area contributed by atoms with E-state index in [0.29, 0.717) is 10.3 Å². The van der Waals surface area contributed by atoms with Crippen molar-refractivity contribution in [2.24, 2.45) is 11.3 Å². The lowest BCUT2D eigenvalue weighted by molar-refractivity contribution is -0.115. The van der Waals surface area contributed by atoms with Crippen LogP contribution < -0.4 is 5.32 Å². The van der Waals surface area contributed by atoms with Gasteiger partial charge in [0.2, 0.25) is 0 Å². The number of nitrogens with one attached hydrogen (secondary N) is 1. The van der Waals surface area contributed by atoms with Gasteiger partial charge in [-0.2, -0.15) is 0 Å². The van der Waals surface area contributed by atoms with E-state index in [1.165, 1.54) is 5.57 Å². The van der Waals surface area contributed by atoms with E-state index in [0.717, 1.165) is 43.4 Å². The molecule has 3 nitrogen and oxygen atoms in total. The zero-order valence-corrected chi connectivity index (χ0v) is 11.4. The van der Waals surface area contributed by atoms with Crippen LogP contribution in [0.25, 0.3) is 0 Å². The van der Waals surface area contributed by atoms with E-state index in [-0.39, 0.29) is 11.1 Å². The summed E-state index contributed by atoms with van der Waals surface area (Å²) >= 11 is 1.07. The number of allylic oxidation sites excluding steroid dienone is 1. The minimum Gasteiger partial charge on any atom is -0.282 e. The lowest BCUT2D eigenvalue weighted by Gasteiger charge is -2.35. The average Bonchev–Trinajstić information content (AvgIpc) is 2.57. The Morgan fingerprint density at radius 2 is 1.76 bits per heavy atom. The molecule has 0 atom stereocenters. The normalized spacial score (nSPS) is 26.4. The summed E-state index contributed by atoms with van der Waals surface area (Å²) < 4.78 is 0. The van der Waals surface area contributed by atoms with Crippen molar-refractivity contribution in [1.29, 1.82) is 0 Å². The molecule has 2 aliphatic rings. The molecule has 1 N–H and O–H groups in total. The number of thioether (sulfide) groups is 1. The molecular formula is C13H19NO2S. The summed E-state index contributed by atoms with van der Waals surface area (Å²) in [6.07, 6.45) is 4.19. The van der Waals surface area contributed by atoms with Crippen LogP contribution in [0.4, 0.5) is 4.79 Å². The quantitative estimate of drug-likeness (QED) is 0.672. The van der Waals surface area contributed by atoms with Gasteiger partial charge in [-0.15, -0.1) is 0 Å². The Morgan fingerprint density at radius 3 is 2.18 bits per heavy atom. The Balaban J connectivity index is 2.07. The first-order valence-corrected chi connectivity index (χ1v) is 6.95. The largest absolute Gasteiger partial charge is 0.290 e. The van der Waals surface area contributed by atoms with Crippen LogP contribution in [-0.2, 0) is 4.79 Å². The van der Waals surface area contributed by atoms with Crippen molar-refractivity contribution in [2.75, 3.05) is 0 Å². The fourth-order valence-corrected chi connectivity index (χ4v) is 3.43. The van der Waals surface area contributed by atoms with Gasteiger partial charge in [-0.3, -0.25) is 14.9 Å². The molecule has 0 aromatic rings. The Kier molecular flexibility index (Phi) is 3.34. The molecule has 1 saturated heterocycles. The molecule has 0 aromatic carbocycles. The molecule has 0 unspecified atom stereocenters. The highest BCUT2D eigenvalue weighted by atomic mass is 32.2. The summed E-state index contributed by atoms with van der Waals surface area (Å²) in [6, 6.07) is 0. The third-order valence-corrected chi connectivity index (χ3v) is 4.72. The highest BCUT2D eigenvalue weighted by Gasteiger charge is 2.33. The number of hydrogen-bond acceptors (Lipinski definition) is 3. The first-order chi connectivity index (χ1) is 7.88. The molecule has 1 aliphatic heterocycles. The van der Waals surface area contributed by atoms with Gasteiger partial charge in [-0.05, 0) is 48.8 Å². The summed E-state index contributed by atoms with van der Waals surface area (Å²) in [6.45, 7) is 6.82. The van der Waals surface area contributed by atoms with Crippen LogP contribution in [0.2, 0.25) is 0 Å². The molecule has 2 rings (SSSR count). The zero-order valence-electron chi connectivity index (χ0n) is 10.6. The summed E-state index contributed by atoms with van der Waals surface area (Å²) in [7, 11) is 0.